The first-order valence-electron chi connectivity index (χ1n) is 8.56. The number of hydrogen-bond acceptors (Lipinski definition) is 4. The monoisotopic (exact) mass is 351 g/mol. The van der Waals surface area contributed by atoms with Gasteiger partial charge >= 0.3 is 0 Å². The number of carbonyl (C=O) groups is 1. The van der Waals surface area contributed by atoms with Gasteiger partial charge in [0.2, 0.25) is 0 Å². The number of hydrogen-bond donors (Lipinski definition) is 1. The fraction of sp³-hybridized carbons (Fsp3) is 0.300. The van der Waals surface area contributed by atoms with E-state index in [1.807, 2.05) is 48.7 Å². The van der Waals surface area contributed by atoms with Crippen LogP contribution in [0.1, 0.15) is 42.2 Å². The summed E-state index contributed by atoms with van der Waals surface area (Å²) < 4.78 is 13.2. The number of benzene rings is 1. The second-order valence-corrected chi connectivity index (χ2v) is 7.11. The van der Waals surface area contributed by atoms with Crippen LogP contribution in [0.2, 0.25) is 0 Å². The quantitative estimate of drug-likeness (QED) is 0.786. The molecule has 1 aliphatic heterocycles. The van der Waals surface area contributed by atoms with E-state index in [4.69, 9.17) is 9.47 Å². The van der Waals surface area contributed by atoms with E-state index >= 15 is 0 Å². The molecule has 3 heterocycles. The van der Waals surface area contributed by atoms with Gasteiger partial charge in [-0.3, -0.25) is 4.79 Å². The van der Waals surface area contributed by atoms with E-state index in [1.54, 1.807) is 25.6 Å². The lowest BCUT2D eigenvalue weighted by molar-refractivity contribution is 0.0617. The Labute approximate surface area is 151 Å². The van der Waals surface area contributed by atoms with Crippen molar-refractivity contribution in [1.29, 1.82) is 0 Å². The molecule has 1 aliphatic rings. The standard InChI is InChI=1S/C20H21N3O3/c1-20(2)11-16(15-6-5-14(25-3)10-17(15)26-20)22-19(24)13-4-7-18-21-8-9-23(18)12-13/h4-10,12,16H,11H2,1-3H3,(H,22,24)/t16-/m0/s1. The molecule has 1 atom stereocenters. The molecule has 0 saturated heterocycles. The number of fused-ring (bicyclic) bond motifs is 2. The van der Waals surface area contributed by atoms with Crippen LogP contribution in [-0.4, -0.2) is 28.0 Å². The highest BCUT2D eigenvalue weighted by molar-refractivity contribution is 5.94. The fourth-order valence-electron chi connectivity index (χ4n) is 3.38. The van der Waals surface area contributed by atoms with Gasteiger partial charge in [0.1, 0.15) is 22.7 Å². The van der Waals surface area contributed by atoms with Crippen LogP contribution in [0.3, 0.4) is 0 Å². The van der Waals surface area contributed by atoms with Crippen LogP contribution in [-0.2, 0) is 0 Å². The molecule has 1 N–H and O–H groups in total. The van der Waals surface area contributed by atoms with Crippen molar-refractivity contribution in [2.24, 2.45) is 0 Å². The number of carbonyl (C=O) groups excluding carboxylic acids is 1. The zero-order chi connectivity index (χ0) is 18.3. The summed E-state index contributed by atoms with van der Waals surface area (Å²) in [7, 11) is 1.63. The molecule has 0 spiro atoms. The Hall–Kier alpha value is -3.02. The lowest BCUT2D eigenvalue weighted by Gasteiger charge is -2.38. The van der Waals surface area contributed by atoms with Crippen molar-refractivity contribution in [2.45, 2.75) is 31.9 Å². The van der Waals surface area contributed by atoms with Crippen LogP contribution < -0.4 is 14.8 Å². The first-order valence-corrected chi connectivity index (χ1v) is 8.56. The second-order valence-electron chi connectivity index (χ2n) is 7.11. The largest absolute Gasteiger partial charge is 0.497 e. The van der Waals surface area contributed by atoms with Crippen molar-refractivity contribution >= 4 is 11.6 Å². The Kier molecular flexibility index (Phi) is 3.83. The van der Waals surface area contributed by atoms with Gasteiger partial charge < -0.3 is 19.2 Å². The van der Waals surface area contributed by atoms with Gasteiger partial charge in [0.05, 0.1) is 18.7 Å². The molecule has 6 nitrogen and oxygen atoms in total. The van der Waals surface area contributed by atoms with Crippen molar-refractivity contribution in [2.75, 3.05) is 7.11 Å². The molecule has 1 aromatic carbocycles. The van der Waals surface area contributed by atoms with Crippen molar-refractivity contribution in [3.05, 3.63) is 60.0 Å². The maximum Gasteiger partial charge on any atom is 0.253 e. The Morgan fingerprint density at radius 1 is 1.35 bits per heavy atom. The normalized spacial score (nSPS) is 18.0. The van der Waals surface area contributed by atoms with Gasteiger partial charge in [-0.15, -0.1) is 0 Å². The highest BCUT2D eigenvalue weighted by Crippen LogP contribution is 2.41. The summed E-state index contributed by atoms with van der Waals surface area (Å²) in [6.45, 7) is 4.04. The highest BCUT2D eigenvalue weighted by atomic mass is 16.5. The first kappa shape index (κ1) is 16.4. The smallest absolute Gasteiger partial charge is 0.253 e. The van der Waals surface area contributed by atoms with Crippen LogP contribution in [0.4, 0.5) is 0 Å². The van der Waals surface area contributed by atoms with Gasteiger partial charge in [0.25, 0.3) is 5.91 Å². The van der Waals surface area contributed by atoms with Gasteiger partial charge in [0, 0.05) is 36.6 Å². The van der Waals surface area contributed by atoms with Crippen molar-refractivity contribution < 1.29 is 14.3 Å². The van der Waals surface area contributed by atoms with E-state index in [0.29, 0.717) is 12.0 Å². The van der Waals surface area contributed by atoms with Gasteiger partial charge in [-0.25, -0.2) is 4.98 Å². The topological polar surface area (TPSA) is 64.9 Å². The Bertz CT molecular complexity index is 977. The summed E-state index contributed by atoms with van der Waals surface area (Å²) in [5.74, 6) is 1.36. The van der Waals surface area contributed by atoms with E-state index in [-0.39, 0.29) is 17.6 Å². The van der Waals surface area contributed by atoms with Crippen molar-refractivity contribution in [1.82, 2.24) is 14.7 Å². The summed E-state index contributed by atoms with van der Waals surface area (Å²) in [5.41, 5.74) is 1.98. The summed E-state index contributed by atoms with van der Waals surface area (Å²) in [5, 5.41) is 3.15. The summed E-state index contributed by atoms with van der Waals surface area (Å²) in [6.07, 6.45) is 6.01. The van der Waals surface area contributed by atoms with Gasteiger partial charge in [-0.2, -0.15) is 0 Å². The third-order valence-electron chi connectivity index (χ3n) is 4.63. The molecule has 26 heavy (non-hydrogen) atoms. The minimum atomic E-state index is -0.383. The molecule has 2 aromatic heterocycles. The molecular formula is C20H21N3O3. The molecule has 3 aromatic rings. The number of imidazole rings is 1. The maximum absolute atomic E-state index is 12.8. The van der Waals surface area contributed by atoms with Crippen LogP contribution in [0.15, 0.2) is 48.9 Å². The van der Waals surface area contributed by atoms with Crippen molar-refractivity contribution in [3.63, 3.8) is 0 Å². The number of pyridine rings is 1. The third kappa shape index (κ3) is 2.98. The molecule has 0 aliphatic carbocycles. The van der Waals surface area contributed by atoms with E-state index in [0.717, 1.165) is 22.7 Å². The number of aromatic nitrogens is 2. The predicted octanol–water partition coefficient (Wildman–Crippen LogP) is 3.38. The van der Waals surface area contributed by atoms with Crippen LogP contribution >= 0.6 is 0 Å². The molecule has 0 radical (unpaired) electrons. The molecule has 0 unspecified atom stereocenters. The molecule has 1 amide bonds. The molecular weight excluding hydrogens is 330 g/mol. The predicted molar refractivity (Wildman–Crippen MR) is 97.7 cm³/mol. The number of ether oxygens (including phenoxy) is 2. The van der Waals surface area contributed by atoms with E-state index in [1.165, 1.54) is 0 Å². The highest BCUT2D eigenvalue weighted by Gasteiger charge is 2.35. The van der Waals surface area contributed by atoms with Gasteiger partial charge in [-0.1, -0.05) is 0 Å². The molecule has 6 heteroatoms. The number of methoxy groups -OCH3 is 1. The van der Waals surface area contributed by atoms with Crippen LogP contribution in [0, 0.1) is 0 Å². The number of rotatable bonds is 3. The second kappa shape index (κ2) is 6.05. The minimum Gasteiger partial charge on any atom is -0.497 e. The lowest BCUT2D eigenvalue weighted by atomic mass is 9.89. The third-order valence-corrected chi connectivity index (χ3v) is 4.63. The Balaban J connectivity index is 1.63. The molecule has 0 bridgehead atoms. The van der Waals surface area contributed by atoms with Gasteiger partial charge in [-0.05, 0) is 38.1 Å². The Morgan fingerprint density at radius 2 is 2.19 bits per heavy atom. The lowest BCUT2D eigenvalue weighted by Crippen LogP contribution is -2.41. The number of nitrogens with one attached hydrogen (secondary N) is 1. The van der Waals surface area contributed by atoms with Gasteiger partial charge in [0.15, 0.2) is 0 Å². The maximum atomic E-state index is 12.8. The SMILES string of the molecule is COc1ccc2c(c1)OC(C)(C)C[C@@H]2NC(=O)c1ccc2nccn2c1. The molecule has 0 fully saturated rings. The molecule has 134 valence electrons. The fourth-order valence-corrected chi connectivity index (χ4v) is 3.38. The average Bonchev–Trinajstić information content (AvgIpc) is 3.07. The molecule has 0 saturated carbocycles. The average molecular weight is 351 g/mol. The van der Waals surface area contributed by atoms with E-state index in [2.05, 4.69) is 10.3 Å². The van der Waals surface area contributed by atoms with Crippen LogP contribution in [0.5, 0.6) is 11.5 Å². The summed E-state index contributed by atoms with van der Waals surface area (Å²) in [6, 6.07) is 9.20. The Morgan fingerprint density at radius 3 is 3.00 bits per heavy atom. The summed E-state index contributed by atoms with van der Waals surface area (Å²) >= 11 is 0. The first-order chi connectivity index (χ1) is 12.4. The zero-order valence-corrected chi connectivity index (χ0v) is 15.0. The van der Waals surface area contributed by atoms with E-state index < -0.39 is 0 Å². The number of amides is 1. The summed E-state index contributed by atoms with van der Waals surface area (Å²) in [4.78, 5) is 17.0. The molecule has 4 rings (SSSR count). The minimum absolute atomic E-state index is 0.120. The van der Waals surface area contributed by atoms with Crippen LogP contribution in [0.25, 0.3) is 5.65 Å². The van der Waals surface area contributed by atoms with Crippen molar-refractivity contribution in [3.8, 4) is 11.5 Å². The number of nitrogens with zero attached hydrogens (tertiary/aromatic N) is 2. The zero-order valence-electron chi connectivity index (χ0n) is 15.0. The van der Waals surface area contributed by atoms with E-state index in [9.17, 15) is 4.79 Å².